The smallest absolute Gasteiger partial charge is 0.201 e. The summed E-state index contributed by atoms with van der Waals surface area (Å²) >= 11 is 0. The van der Waals surface area contributed by atoms with Crippen LogP contribution < -0.4 is 5.73 Å². The highest BCUT2D eigenvalue weighted by Crippen LogP contribution is 2.25. The number of fused-ring (bicyclic) bond motifs is 1. The molecule has 1 aromatic heterocycles. The van der Waals surface area contributed by atoms with Gasteiger partial charge in [-0.05, 0) is 51.0 Å². The summed E-state index contributed by atoms with van der Waals surface area (Å²) in [7, 11) is 2.15. The van der Waals surface area contributed by atoms with Crippen LogP contribution in [0.5, 0.6) is 0 Å². The number of rotatable bonds is 2. The number of nitrogen functional groups attached to an aromatic ring is 1. The first-order chi connectivity index (χ1) is 9.15. The third kappa shape index (κ3) is 2.30. The van der Waals surface area contributed by atoms with Crippen molar-refractivity contribution in [2.45, 2.75) is 19.4 Å². The highest BCUT2D eigenvalue weighted by molar-refractivity contribution is 5.78. The van der Waals surface area contributed by atoms with Crippen LogP contribution in [0.4, 0.5) is 10.3 Å². The van der Waals surface area contributed by atoms with E-state index in [0.29, 0.717) is 17.4 Å². The van der Waals surface area contributed by atoms with Gasteiger partial charge in [0.05, 0.1) is 5.52 Å². The molecule has 0 aliphatic carbocycles. The first-order valence-electron chi connectivity index (χ1n) is 6.74. The molecule has 1 aliphatic heterocycles. The summed E-state index contributed by atoms with van der Waals surface area (Å²) in [5.41, 5.74) is 7.13. The van der Waals surface area contributed by atoms with Gasteiger partial charge in [0.2, 0.25) is 5.95 Å². The molecular weight excluding hydrogens is 243 g/mol. The second-order valence-corrected chi connectivity index (χ2v) is 5.43. The number of halogens is 1. The number of benzene rings is 1. The summed E-state index contributed by atoms with van der Waals surface area (Å²) in [5.74, 6) is 0.713. The third-order valence-electron chi connectivity index (χ3n) is 4.04. The van der Waals surface area contributed by atoms with E-state index in [2.05, 4.69) is 16.9 Å². The minimum atomic E-state index is -0.300. The van der Waals surface area contributed by atoms with E-state index in [-0.39, 0.29) is 5.82 Å². The summed E-state index contributed by atoms with van der Waals surface area (Å²) in [6.07, 6.45) is 2.32. The Morgan fingerprint density at radius 2 is 2.11 bits per heavy atom. The Balaban J connectivity index is 1.88. The van der Waals surface area contributed by atoms with Crippen molar-refractivity contribution in [1.29, 1.82) is 0 Å². The van der Waals surface area contributed by atoms with E-state index in [0.717, 1.165) is 38.0 Å². The average molecular weight is 262 g/mol. The van der Waals surface area contributed by atoms with Gasteiger partial charge in [0, 0.05) is 6.54 Å². The van der Waals surface area contributed by atoms with Crippen molar-refractivity contribution >= 4 is 17.0 Å². The molecule has 0 amide bonds. The molecule has 0 radical (unpaired) electrons. The zero-order chi connectivity index (χ0) is 13.4. The van der Waals surface area contributed by atoms with Gasteiger partial charge in [-0.25, -0.2) is 9.37 Å². The quantitative estimate of drug-likeness (QED) is 0.901. The molecular formula is C14H19FN4. The molecule has 4 nitrogen and oxygen atoms in total. The van der Waals surface area contributed by atoms with Gasteiger partial charge in [-0.1, -0.05) is 6.07 Å². The van der Waals surface area contributed by atoms with Crippen LogP contribution in [-0.4, -0.2) is 34.6 Å². The van der Waals surface area contributed by atoms with E-state index in [9.17, 15) is 4.39 Å². The molecule has 1 fully saturated rings. The van der Waals surface area contributed by atoms with Gasteiger partial charge in [-0.2, -0.15) is 0 Å². The molecule has 0 saturated carbocycles. The van der Waals surface area contributed by atoms with Crippen molar-refractivity contribution in [3.63, 3.8) is 0 Å². The van der Waals surface area contributed by atoms with Gasteiger partial charge in [0.15, 0.2) is 5.82 Å². The van der Waals surface area contributed by atoms with Crippen molar-refractivity contribution in [3.05, 3.63) is 24.0 Å². The number of piperidine rings is 1. The highest BCUT2D eigenvalue weighted by atomic mass is 19.1. The van der Waals surface area contributed by atoms with Crippen molar-refractivity contribution in [2.75, 3.05) is 25.9 Å². The lowest BCUT2D eigenvalue weighted by Gasteiger charge is -2.29. The predicted octanol–water partition coefficient (Wildman–Crippen LogP) is 2.10. The lowest BCUT2D eigenvalue weighted by atomic mass is 9.97. The summed E-state index contributed by atoms with van der Waals surface area (Å²) in [6.45, 7) is 3.07. The van der Waals surface area contributed by atoms with Gasteiger partial charge in [0.25, 0.3) is 0 Å². The standard InChI is InChI=1S/C14H19FN4/c1-18-7-5-10(6-8-18)9-19-12-4-2-3-11(15)13(12)17-14(19)16/h2-4,10H,5-9H2,1H3,(H2,16,17). The average Bonchev–Trinajstić information content (AvgIpc) is 2.71. The number of aromatic nitrogens is 2. The van der Waals surface area contributed by atoms with Crippen LogP contribution >= 0.6 is 0 Å². The minimum Gasteiger partial charge on any atom is -0.369 e. The number of hydrogen-bond acceptors (Lipinski definition) is 3. The Bertz CT molecular complexity index is 584. The molecule has 0 unspecified atom stereocenters. The summed E-state index contributed by atoms with van der Waals surface area (Å²) in [4.78, 5) is 6.49. The Hall–Kier alpha value is -1.62. The molecule has 0 spiro atoms. The molecule has 2 aromatic rings. The van der Waals surface area contributed by atoms with E-state index in [1.807, 2.05) is 10.6 Å². The molecule has 2 heterocycles. The maximum Gasteiger partial charge on any atom is 0.201 e. The Morgan fingerprint density at radius 3 is 2.84 bits per heavy atom. The predicted molar refractivity (Wildman–Crippen MR) is 74.3 cm³/mol. The van der Waals surface area contributed by atoms with Gasteiger partial charge in [-0.3, -0.25) is 0 Å². The molecule has 1 saturated heterocycles. The first-order valence-corrected chi connectivity index (χ1v) is 6.74. The number of hydrogen-bond donors (Lipinski definition) is 1. The van der Waals surface area contributed by atoms with Gasteiger partial charge in [0.1, 0.15) is 5.52 Å². The van der Waals surface area contributed by atoms with Gasteiger partial charge >= 0.3 is 0 Å². The van der Waals surface area contributed by atoms with Crippen LogP contribution in [0.15, 0.2) is 18.2 Å². The largest absolute Gasteiger partial charge is 0.369 e. The normalized spacial score (nSPS) is 18.2. The van der Waals surface area contributed by atoms with E-state index >= 15 is 0 Å². The van der Waals surface area contributed by atoms with E-state index in [1.54, 1.807) is 6.07 Å². The van der Waals surface area contributed by atoms with Gasteiger partial charge in [-0.15, -0.1) is 0 Å². The van der Waals surface area contributed by atoms with Crippen molar-refractivity contribution in [3.8, 4) is 0 Å². The molecule has 5 heteroatoms. The fourth-order valence-corrected chi connectivity index (χ4v) is 2.83. The second-order valence-electron chi connectivity index (χ2n) is 5.43. The fourth-order valence-electron chi connectivity index (χ4n) is 2.83. The minimum absolute atomic E-state index is 0.300. The van der Waals surface area contributed by atoms with Gasteiger partial charge < -0.3 is 15.2 Å². The SMILES string of the molecule is CN1CCC(Cn2c(N)nc3c(F)cccc32)CC1. The topological polar surface area (TPSA) is 47.1 Å². The van der Waals surface area contributed by atoms with Crippen LogP contribution in [0.3, 0.4) is 0 Å². The number of likely N-dealkylation sites (tertiary alicyclic amines) is 1. The van der Waals surface area contributed by atoms with Crippen molar-refractivity contribution in [1.82, 2.24) is 14.5 Å². The maximum absolute atomic E-state index is 13.7. The number of para-hydroxylation sites is 1. The second kappa shape index (κ2) is 4.81. The third-order valence-corrected chi connectivity index (χ3v) is 4.04. The van der Waals surface area contributed by atoms with E-state index in [1.165, 1.54) is 6.07 Å². The molecule has 3 rings (SSSR count). The Labute approximate surface area is 112 Å². The van der Waals surface area contributed by atoms with Crippen LogP contribution in [0, 0.1) is 11.7 Å². The summed E-state index contributed by atoms with van der Waals surface area (Å²) in [6, 6.07) is 5.02. The summed E-state index contributed by atoms with van der Waals surface area (Å²) in [5, 5.41) is 0. The number of anilines is 1. The van der Waals surface area contributed by atoms with Crippen molar-refractivity contribution in [2.24, 2.45) is 5.92 Å². The van der Waals surface area contributed by atoms with E-state index in [4.69, 9.17) is 5.73 Å². The number of nitrogens with two attached hydrogens (primary N) is 1. The Kier molecular flexibility index (Phi) is 3.14. The maximum atomic E-state index is 13.7. The first kappa shape index (κ1) is 12.4. The molecule has 1 aromatic carbocycles. The molecule has 102 valence electrons. The van der Waals surface area contributed by atoms with Crippen LogP contribution in [0.1, 0.15) is 12.8 Å². The Morgan fingerprint density at radius 1 is 1.37 bits per heavy atom. The molecule has 19 heavy (non-hydrogen) atoms. The lowest BCUT2D eigenvalue weighted by Crippen LogP contribution is -2.32. The van der Waals surface area contributed by atoms with Crippen LogP contribution in [-0.2, 0) is 6.54 Å². The lowest BCUT2D eigenvalue weighted by molar-refractivity contribution is 0.206. The molecule has 2 N–H and O–H groups in total. The zero-order valence-corrected chi connectivity index (χ0v) is 11.1. The van der Waals surface area contributed by atoms with Crippen LogP contribution in [0.25, 0.3) is 11.0 Å². The van der Waals surface area contributed by atoms with E-state index < -0.39 is 0 Å². The van der Waals surface area contributed by atoms with Crippen LogP contribution in [0.2, 0.25) is 0 Å². The zero-order valence-electron chi connectivity index (χ0n) is 11.1. The monoisotopic (exact) mass is 262 g/mol. The number of nitrogens with zero attached hydrogens (tertiary/aromatic N) is 3. The summed E-state index contributed by atoms with van der Waals surface area (Å²) < 4.78 is 15.6. The number of imidazole rings is 1. The molecule has 0 atom stereocenters. The fraction of sp³-hybridized carbons (Fsp3) is 0.500. The highest BCUT2D eigenvalue weighted by Gasteiger charge is 2.20. The molecule has 0 bridgehead atoms. The van der Waals surface area contributed by atoms with Crippen molar-refractivity contribution < 1.29 is 4.39 Å². The molecule has 1 aliphatic rings.